The van der Waals surface area contributed by atoms with Crippen LogP contribution in [0.4, 0.5) is 13.2 Å². The van der Waals surface area contributed by atoms with E-state index in [1.165, 1.54) is 18.2 Å². The number of ether oxygens (including phenoxy) is 1. The number of carbonyl (C=O) groups is 1. The Kier molecular flexibility index (Phi) is 5.62. The number of alkyl halides is 3. The summed E-state index contributed by atoms with van der Waals surface area (Å²) in [4.78, 5) is 16.0. The molecule has 0 saturated heterocycles. The zero-order chi connectivity index (χ0) is 14.3. The molecule has 0 saturated carbocycles. The Labute approximate surface area is 108 Å². The van der Waals surface area contributed by atoms with Gasteiger partial charge in [0, 0.05) is 6.42 Å². The Morgan fingerprint density at radius 2 is 2.00 bits per heavy atom. The zero-order valence-electron chi connectivity index (χ0n) is 10.3. The predicted octanol–water partition coefficient (Wildman–Crippen LogP) is 2.59. The van der Waals surface area contributed by atoms with Gasteiger partial charge in [0.15, 0.2) is 0 Å². The highest BCUT2D eigenvalue weighted by Crippen LogP contribution is 2.26. The van der Waals surface area contributed by atoms with Crippen molar-refractivity contribution in [2.24, 2.45) is 0 Å². The van der Waals surface area contributed by atoms with E-state index in [0.717, 1.165) is 0 Å². The number of halogens is 3. The second-order valence-electron chi connectivity index (χ2n) is 3.61. The zero-order valence-corrected chi connectivity index (χ0v) is 10.3. The van der Waals surface area contributed by atoms with E-state index in [9.17, 15) is 18.0 Å². The summed E-state index contributed by atoms with van der Waals surface area (Å²) in [6, 6.07) is 5.71. The molecule has 1 amide bonds. The third-order valence-corrected chi connectivity index (χ3v) is 2.15. The molecule has 1 rings (SSSR count). The number of hydroxylamine groups is 1. The molecule has 1 N–H and O–H groups in total. The van der Waals surface area contributed by atoms with E-state index in [1.807, 2.05) is 0 Å². The van der Waals surface area contributed by atoms with Crippen molar-refractivity contribution in [1.29, 1.82) is 0 Å². The number of amides is 1. The van der Waals surface area contributed by atoms with Crippen LogP contribution in [0.2, 0.25) is 0 Å². The second-order valence-corrected chi connectivity index (χ2v) is 3.61. The molecule has 0 aliphatic rings. The van der Waals surface area contributed by atoms with Gasteiger partial charge in [-0.3, -0.25) is 9.63 Å². The van der Waals surface area contributed by atoms with E-state index in [-0.39, 0.29) is 18.6 Å². The molecule has 106 valence electrons. The summed E-state index contributed by atoms with van der Waals surface area (Å²) in [5, 5.41) is 0. The summed E-state index contributed by atoms with van der Waals surface area (Å²) in [5.74, 6) is -0.692. The monoisotopic (exact) mass is 277 g/mol. The molecular weight excluding hydrogens is 263 g/mol. The Balaban J connectivity index is 2.60. The van der Waals surface area contributed by atoms with Crippen molar-refractivity contribution in [2.75, 3.05) is 6.61 Å². The molecule has 7 heteroatoms. The summed E-state index contributed by atoms with van der Waals surface area (Å²) in [7, 11) is 0. The van der Waals surface area contributed by atoms with Crippen LogP contribution >= 0.6 is 0 Å². The normalized spacial score (nSPS) is 11.2. The minimum Gasteiger partial charge on any atom is -0.406 e. The first-order valence-electron chi connectivity index (χ1n) is 5.66. The molecule has 0 fully saturated rings. The second kappa shape index (κ2) is 6.98. The van der Waals surface area contributed by atoms with Gasteiger partial charge < -0.3 is 4.74 Å². The SMILES string of the molecule is CCONC(=O)CCc1ccccc1OC(F)(F)F. The predicted molar refractivity (Wildman–Crippen MR) is 61.2 cm³/mol. The molecule has 0 aliphatic carbocycles. The fourth-order valence-corrected chi connectivity index (χ4v) is 1.39. The van der Waals surface area contributed by atoms with Crippen molar-refractivity contribution < 1.29 is 27.5 Å². The summed E-state index contributed by atoms with van der Waals surface area (Å²) in [5.41, 5.74) is 2.48. The minimum atomic E-state index is -4.75. The fraction of sp³-hybridized carbons (Fsp3) is 0.417. The summed E-state index contributed by atoms with van der Waals surface area (Å²) in [6.07, 6.45) is -4.60. The molecule has 0 unspecified atom stereocenters. The third kappa shape index (κ3) is 6.10. The smallest absolute Gasteiger partial charge is 0.406 e. The third-order valence-electron chi connectivity index (χ3n) is 2.15. The molecule has 4 nitrogen and oxygen atoms in total. The van der Waals surface area contributed by atoms with Crippen LogP contribution in [0.15, 0.2) is 24.3 Å². The van der Waals surface area contributed by atoms with Gasteiger partial charge in [0.25, 0.3) is 0 Å². The summed E-state index contributed by atoms with van der Waals surface area (Å²) < 4.78 is 40.4. The highest BCUT2D eigenvalue weighted by molar-refractivity contribution is 5.75. The van der Waals surface area contributed by atoms with Crippen LogP contribution in [0, 0.1) is 0 Å². The molecule has 0 atom stereocenters. The van der Waals surface area contributed by atoms with Gasteiger partial charge in [0.05, 0.1) is 6.61 Å². The number of hydrogen-bond acceptors (Lipinski definition) is 3. The quantitative estimate of drug-likeness (QED) is 0.813. The average molecular weight is 277 g/mol. The lowest BCUT2D eigenvalue weighted by molar-refractivity contribution is -0.274. The highest BCUT2D eigenvalue weighted by Gasteiger charge is 2.31. The first-order chi connectivity index (χ1) is 8.92. The van der Waals surface area contributed by atoms with Gasteiger partial charge in [-0.25, -0.2) is 5.48 Å². The molecule has 1 aromatic carbocycles. The van der Waals surface area contributed by atoms with Crippen molar-refractivity contribution in [3.05, 3.63) is 29.8 Å². The Morgan fingerprint density at radius 1 is 1.32 bits per heavy atom. The van der Waals surface area contributed by atoms with Crippen LogP contribution in [-0.4, -0.2) is 18.9 Å². The first-order valence-corrected chi connectivity index (χ1v) is 5.66. The largest absolute Gasteiger partial charge is 0.573 e. The number of nitrogens with one attached hydrogen (secondary N) is 1. The number of rotatable bonds is 6. The molecule has 0 radical (unpaired) electrons. The topological polar surface area (TPSA) is 47.6 Å². The van der Waals surface area contributed by atoms with Crippen LogP contribution in [0.25, 0.3) is 0 Å². The van der Waals surface area contributed by atoms with Crippen LogP contribution in [0.1, 0.15) is 18.9 Å². The van der Waals surface area contributed by atoms with Crippen LogP contribution in [0.5, 0.6) is 5.75 Å². The molecule has 0 bridgehead atoms. The molecule has 0 aromatic heterocycles. The van der Waals surface area contributed by atoms with E-state index in [0.29, 0.717) is 12.2 Å². The van der Waals surface area contributed by atoms with Gasteiger partial charge in [-0.2, -0.15) is 0 Å². The number of hydrogen-bond donors (Lipinski definition) is 1. The lowest BCUT2D eigenvalue weighted by Gasteiger charge is -2.12. The molecule has 19 heavy (non-hydrogen) atoms. The van der Waals surface area contributed by atoms with E-state index in [2.05, 4.69) is 15.1 Å². The van der Waals surface area contributed by atoms with E-state index < -0.39 is 12.3 Å². The van der Waals surface area contributed by atoms with E-state index >= 15 is 0 Å². The maximum absolute atomic E-state index is 12.2. The highest BCUT2D eigenvalue weighted by atomic mass is 19.4. The van der Waals surface area contributed by atoms with Gasteiger partial charge in [-0.05, 0) is 25.0 Å². The van der Waals surface area contributed by atoms with Crippen molar-refractivity contribution in [3.63, 3.8) is 0 Å². The maximum Gasteiger partial charge on any atom is 0.573 e. The van der Waals surface area contributed by atoms with Crippen molar-refractivity contribution in [1.82, 2.24) is 5.48 Å². The van der Waals surface area contributed by atoms with E-state index in [4.69, 9.17) is 0 Å². The van der Waals surface area contributed by atoms with Gasteiger partial charge in [-0.15, -0.1) is 13.2 Å². The molecular formula is C12H14F3NO3. The standard InChI is InChI=1S/C12H14F3NO3/c1-2-18-16-11(17)8-7-9-5-3-4-6-10(9)19-12(13,14)15/h3-6H,2,7-8H2,1H3,(H,16,17). The van der Waals surface area contributed by atoms with Gasteiger partial charge >= 0.3 is 6.36 Å². The van der Waals surface area contributed by atoms with Crippen molar-refractivity contribution in [3.8, 4) is 5.75 Å². The Hall–Kier alpha value is -1.76. The summed E-state index contributed by atoms with van der Waals surface area (Å²) >= 11 is 0. The lowest BCUT2D eigenvalue weighted by atomic mass is 10.1. The fourth-order valence-electron chi connectivity index (χ4n) is 1.39. The first kappa shape index (κ1) is 15.3. The number of benzene rings is 1. The molecule has 0 spiro atoms. The van der Waals surface area contributed by atoms with Crippen molar-refractivity contribution in [2.45, 2.75) is 26.1 Å². The lowest BCUT2D eigenvalue weighted by Crippen LogP contribution is -2.24. The van der Waals surface area contributed by atoms with E-state index in [1.54, 1.807) is 13.0 Å². The van der Waals surface area contributed by atoms with Gasteiger partial charge in [0.1, 0.15) is 5.75 Å². The number of aryl methyl sites for hydroxylation is 1. The van der Waals surface area contributed by atoms with Crippen LogP contribution < -0.4 is 10.2 Å². The van der Waals surface area contributed by atoms with Crippen molar-refractivity contribution >= 4 is 5.91 Å². The van der Waals surface area contributed by atoms with Crippen LogP contribution in [0.3, 0.4) is 0 Å². The number of carbonyl (C=O) groups excluding carboxylic acids is 1. The van der Waals surface area contributed by atoms with Gasteiger partial charge in [-0.1, -0.05) is 18.2 Å². The Bertz CT molecular complexity index is 421. The van der Waals surface area contributed by atoms with Gasteiger partial charge in [0.2, 0.25) is 5.91 Å². The summed E-state index contributed by atoms with van der Waals surface area (Å²) in [6.45, 7) is 2.02. The molecule has 1 aromatic rings. The number of para-hydroxylation sites is 1. The molecule has 0 heterocycles. The van der Waals surface area contributed by atoms with Crippen LogP contribution in [-0.2, 0) is 16.1 Å². The molecule has 0 aliphatic heterocycles. The Morgan fingerprint density at radius 3 is 2.63 bits per heavy atom. The minimum absolute atomic E-state index is 0.0121. The average Bonchev–Trinajstić information content (AvgIpc) is 2.33. The maximum atomic E-state index is 12.2.